The number of rotatable bonds is 4. The van der Waals surface area contributed by atoms with E-state index in [-0.39, 0.29) is 11.6 Å². The van der Waals surface area contributed by atoms with Crippen LogP contribution in [0, 0.1) is 0 Å². The number of anilines is 1. The van der Waals surface area contributed by atoms with Crippen molar-refractivity contribution in [2.45, 2.75) is 39.7 Å². The zero-order chi connectivity index (χ0) is 11.4. The Hall–Kier alpha value is -1.36. The smallest absolute Gasteiger partial charge is 0.256 e. The van der Waals surface area contributed by atoms with Crippen LogP contribution in [0.1, 0.15) is 32.8 Å². The monoisotopic (exact) mass is 210 g/mol. The first kappa shape index (κ1) is 11.7. The molecule has 0 aliphatic carbocycles. The highest BCUT2D eigenvalue weighted by Gasteiger charge is 2.14. The molecule has 0 amide bonds. The van der Waals surface area contributed by atoms with Crippen LogP contribution in [0.3, 0.4) is 0 Å². The second-order valence-corrected chi connectivity index (χ2v) is 3.78. The molecule has 0 bridgehead atoms. The highest BCUT2D eigenvalue weighted by Crippen LogP contribution is 2.13. The van der Waals surface area contributed by atoms with Crippen LogP contribution in [-0.2, 0) is 6.42 Å². The lowest BCUT2D eigenvalue weighted by atomic mass is 10.1. The third-order valence-corrected chi connectivity index (χ3v) is 2.23. The fourth-order valence-corrected chi connectivity index (χ4v) is 1.36. The number of hydrogen-bond acceptors (Lipinski definition) is 4. The van der Waals surface area contributed by atoms with E-state index >= 15 is 0 Å². The van der Waals surface area contributed by atoms with Gasteiger partial charge in [0.25, 0.3) is 5.56 Å². The van der Waals surface area contributed by atoms with Crippen LogP contribution in [0.4, 0.5) is 5.82 Å². The van der Waals surface area contributed by atoms with E-state index in [1.165, 1.54) is 11.3 Å². The van der Waals surface area contributed by atoms with Gasteiger partial charge in [-0.15, -0.1) is 0 Å². The van der Waals surface area contributed by atoms with Crippen molar-refractivity contribution >= 4 is 5.82 Å². The third-order valence-electron chi connectivity index (χ3n) is 2.23. The Bertz CT molecular complexity index is 372. The Morgan fingerprint density at radius 2 is 2.27 bits per heavy atom. The summed E-state index contributed by atoms with van der Waals surface area (Å²) in [7, 11) is 0. The molecule has 0 unspecified atom stereocenters. The molecular weight excluding hydrogens is 192 g/mol. The number of H-pyrrole nitrogens is 1. The molecule has 0 radical (unpaired) electrons. The second kappa shape index (κ2) is 4.93. The summed E-state index contributed by atoms with van der Waals surface area (Å²) in [6.45, 7) is 5.93. The van der Waals surface area contributed by atoms with Crippen molar-refractivity contribution in [2.24, 2.45) is 5.84 Å². The third kappa shape index (κ3) is 2.56. The van der Waals surface area contributed by atoms with Gasteiger partial charge < -0.3 is 4.98 Å². The van der Waals surface area contributed by atoms with Gasteiger partial charge in [0.05, 0.1) is 11.9 Å². The quantitative estimate of drug-likeness (QED) is 0.569. The number of nitrogens with one attached hydrogen (secondary N) is 1. The normalized spacial score (nSPS) is 10.7. The fourth-order valence-electron chi connectivity index (χ4n) is 1.36. The summed E-state index contributed by atoms with van der Waals surface area (Å²) in [6, 6.07) is 0.120. The molecule has 5 nitrogen and oxygen atoms in total. The maximum Gasteiger partial charge on any atom is 0.256 e. The molecule has 15 heavy (non-hydrogen) atoms. The molecule has 0 spiro atoms. The zero-order valence-electron chi connectivity index (χ0n) is 9.45. The maximum atomic E-state index is 11.6. The number of aromatic nitrogens is 2. The minimum absolute atomic E-state index is 0.0991. The van der Waals surface area contributed by atoms with Crippen molar-refractivity contribution in [1.29, 1.82) is 0 Å². The van der Waals surface area contributed by atoms with Crippen LogP contribution in [0.15, 0.2) is 11.1 Å². The average molecular weight is 210 g/mol. The first-order valence-electron chi connectivity index (χ1n) is 5.18. The molecule has 84 valence electrons. The number of hydrogen-bond donors (Lipinski definition) is 2. The van der Waals surface area contributed by atoms with Crippen LogP contribution < -0.4 is 16.4 Å². The summed E-state index contributed by atoms with van der Waals surface area (Å²) in [5.74, 6) is 6.44. The van der Waals surface area contributed by atoms with Gasteiger partial charge in [0.2, 0.25) is 0 Å². The van der Waals surface area contributed by atoms with E-state index in [4.69, 9.17) is 5.84 Å². The van der Waals surface area contributed by atoms with Crippen molar-refractivity contribution < 1.29 is 0 Å². The number of nitrogens with zero attached hydrogens (tertiary/aromatic N) is 2. The Balaban J connectivity index is 3.16. The van der Waals surface area contributed by atoms with E-state index in [1.807, 2.05) is 20.8 Å². The largest absolute Gasteiger partial charge is 0.313 e. The van der Waals surface area contributed by atoms with Gasteiger partial charge in [0.15, 0.2) is 5.82 Å². The summed E-state index contributed by atoms with van der Waals surface area (Å²) in [5, 5.41) is 1.53. The van der Waals surface area contributed by atoms with Gasteiger partial charge in [0, 0.05) is 6.04 Å². The Labute approximate surface area is 89.3 Å². The van der Waals surface area contributed by atoms with Gasteiger partial charge in [-0.05, 0) is 20.3 Å². The second-order valence-electron chi connectivity index (χ2n) is 3.78. The molecule has 0 aromatic carbocycles. The highest BCUT2D eigenvalue weighted by molar-refractivity contribution is 5.44. The molecule has 0 saturated carbocycles. The summed E-state index contributed by atoms with van der Waals surface area (Å²) in [6.07, 6.45) is 2.98. The molecule has 1 aromatic rings. The lowest BCUT2D eigenvalue weighted by Crippen LogP contribution is -2.40. The number of aromatic amines is 1. The number of hydrazine groups is 1. The molecular formula is C10H18N4O. The summed E-state index contributed by atoms with van der Waals surface area (Å²) in [4.78, 5) is 18.3. The van der Waals surface area contributed by atoms with E-state index < -0.39 is 0 Å². The molecule has 3 N–H and O–H groups in total. The van der Waals surface area contributed by atoms with E-state index in [9.17, 15) is 4.79 Å². The average Bonchev–Trinajstić information content (AvgIpc) is 2.20. The van der Waals surface area contributed by atoms with Crippen molar-refractivity contribution in [1.82, 2.24) is 9.97 Å². The molecule has 0 aliphatic heterocycles. The minimum atomic E-state index is -0.0991. The van der Waals surface area contributed by atoms with Gasteiger partial charge >= 0.3 is 0 Å². The van der Waals surface area contributed by atoms with Gasteiger partial charge in [-0.25, -0.2) is 10.8 Å². The summed E-state index contributed by atoms with van der Waals surface area (Å²) < 4.78 is 0. The molecule has 1 aromatic heterocycles. The Morgan fingerprint density at radius 3 is 2.80 bits per heavy atom. The standard InChI is InChI=1S/C10H18N4O/c1-4-5-8-9(14(11)7(2)3)12-6-13-10(8)15/h6-7H,4-5,11H2,1-3H3,(H,12,13,15). The lowest BCUT2D eigenvalue weighted by Gasteiger charge is -2.23. The summed E-state index contributed by atoms with van der Waals surface area (Å²) in [5.41, 5.74) is 0.564. The van der Waals surface area contributed by atoms with Gasteiger partial charge in [-0.1, -0.05) is 13.3 Å². The predicted molar refractivity (Wildman–Crippen MR) is 60.7 cm³/mol. The molecule has 1 heterocycles. The van der Waals surface area contributed by atoms with Crippen molar-refractivity contribution in [2.75, 3.05) is 5.01 Å². The van der Waals surface area contributed by atoms with Crippen LogP contribution in [0.5, 0.6) is 0 Å². The Morgan fingerprint density at radius 1 is 1.60 bits per heavy atom. The summed E-state index contributed by atoms with van der Waals surface area (Å²) >= 11 is 0. The Kier molecular flexibility index (Phi) is 3.85. The SMILES string of the molecule is CCCc1c(N(N)C(C)C)nc[nH]c1=O. The number of nitrogens with two attached hydrogens (primary N) is 1. The van der Waals surface area contributed by atoms with Crippen molar-refractivity contribution in [3.05, 3.63) is 22.2 Å². The van der Waals surface area contributed by atoms with Crippen LogP contribution in [-0.4, -0.2) is 16.0 Å². The molecule has 5 heteroatoms. The van der Waals surface area contributed by atoms with Gasteiger partial charge in [-0.2, -0.15) is 0 Å². The molecule has 0 atom stereocenters. The van der Waals surface area contributed by atoms with E-state index in [2.05, 4.69) is 9.97 Å². The van der Waals surface area contributed by atoms with Crippen molar-refractivity contribution in [3.8, 4) is 0 Å². The van der Waals surface area contributed by atoms with E-state index in [0.29, 0.717) is 17.8 Å². The molecule has 0 aliphatic rings. The lowest BCUT2D eigenvalue weighted by molar-refractivity contribution is 0.689. The molecule has 1 rings (SSSR count). The maximum absolute atomic E-state index is 11.6. The predicted octanol–water partition coefficient (Wildman–Crippen LogP) is 0.811. The first-order valence-corrected chi connectivity index (χ1v) is 5.18. The highest BCUT2D eigenvalue weighted by atomic mass is 16.1. The van der Waals surface area contributed by atoms with E-state index in [1.54, 1.807) is 0 Å². The molecule has 0 fully saturated rings. The van der Waals surface area contributed by atoms with Crippen LogP contribution >= 0.6 is 0 Å². The topological polar surface area (TPSA) is 75.0 Å². The first-order chi connectivity index (χ1) is 7.07. The van der Waals surface area contributed by atoms with Crippen LogP contribution in [0.25, 0.3) is 0 Å². The zero-order valence-corrected chi connectivity index (χ0v) is 9.45. The van der Waals surface area contributed by atoms with E-state index in [0.717, 1.165) is 6.42 Å². The van der Waals surface area contributed by atoms with Gasteiger partial charge in [-0.3, -0.25) is 9.80 Å². The fraction of sp³-hybridized carbons (Fsp3) is 0.600. The minimum Gasteiger partial charge on any atom is -0.313 e. The molecule has 0 saturated heterocycles. The van der Waals surface area contributed by atoms with Gasteiger partial charge in [0.1, 0.15) is 0 Å². The van der Waals surface area contributed by atoms with Crippen molar-refractivity contribution in [3.63, 3.8) is 0 Å². The van der Waals surface area contributed by atoms with Crippen LogP contribution in [0.2, 0.25) is 0 Å².